The molecule has 5 N–H and O–H groups in total. The number of primary sulfonamides is 1. The minimum atomic E-state index is -3.88. The van der Waals surface area contributed by atoms with Gasteiger partial charge in [-0.1, -0.05) is 26.0 Å². The molecule has 0 fully saturated rings. The molecular formula is C11H17N3O3S. The van der Waals surface area contributed by atoms with Crippen molar-refractivity contribution in [1.29, 1.82) is 0 Å². The molecule has 1 aromatic carbocycles. The van der Waals surface area contributed by atoms with Crippen molar-refractivity contribution in [2.75, 3.05) is 5.32 Å². The highest BCUT2D eigenvalue weighted by molar-refractivity contribution is 7.89. The van der Waals surface area contributed by atoms with Crippen LogP contribution in [0.4, 0.5) is 5.69 Å². The third kappa shape index (κ3) is 3.52. The maximum atomic E-state index is 11.8. The highest BCUT2D eigenvalue weighted by Gasteiger charge is 2.20. The van der Waals surface area contributed by atoms with Gasteiger partial charge in [0.15, 0.2) is 0 Å². The van der Waals surface area contributed by atoms with Gasteiger partial charge in [0.25, 0.3) is 0 Å². The standard InChI is InChI=1S/C11H17N3O3S/c1-7(2)10(12)11(15)14-8-5-3-4-6-9(8)18(13,16)17/h3-7,10H,12H2,1-2H3,(H,14,15)(H2,13,16,17). The Bertz CT molecular complexity index is 540. The molecule has 100 valence electrons. The van der Waals surface area contributed by atoms with Gasteiger partial charge < -0.3 is 11.1 Å². The van der Waals surface area contributed by atoms with Crippen molar-refractivity contribution in [3.05, 3.63) is 24.3 Å². The summed E-state index contributed by atoms with van der Waals surface area (Å²) in [6, 6.07) is 5.21. The topological polar surface area (TPSA) is 115 Å². The van der Waals surface area contributed by atoms with Gasteiger partial charge >= 0.3 is 0 Å². The molecular weight excluding hydrogens is 254 g/mol. The summed E-state index contributed by atoms with van der Waals surface area (Å²) >= 11 is 0. The second-order valence-electron chi connectivity index (χ2n) is 4.30. The first-order valence-electron chi connectivity index (χ1n) is 5.41. The average Bonchev–Trinajstić information content (AvgIpc) is 2.27. The quantitative estimate of drug-likeness (QED) is 0.728. The molecule has 0 aliphatic rings. The number of sulfonamides is 1. The fourth-order valence-corrected chi connectivity index (χ4v) is 2.03. The van der Waals surface area contributed by atoms with Crippen molar-refractivity contribution in [2.45, 2.75) is 24.8 Å². The summed E-state index contributed by atoms with van der Waals surface area (Å²) < 4.78 is 22.7. The van der Waals surface area contributed by atoms with Crippen LogP contribution < -0.4 is 16.2 Å². The van der Waals surface area contributed by atoms with E-state index in [4.69, 9.17) is 10.9 Å². The van der Waals surface area contributed by atoms with Gasteiger partial charge in [0.05, 0.1) is 11.7 Å². The number of hydrogen-bond donors (Lipinski definition) is 3. The van der Waals surface area contributed by atoms with Gasteiger partial charge in [-0.15, -0.1) is 0 Å². The lowest BCUT2D eigenvalue weighted by Crippen LogP contribution is -2.40. The smallest absolute Gasteiger partial charge is 0.241 e. The Morgan fingerprint density at radius 1 is 1.28 bits per heavy atom. The number of nitrogens with one attached hydrogen (secondary N) is 1. The molecule has 0 saturated carbocycles. The van der Waals surface area contributed by atoms with Crippen LogP contribution in [0.25, 0.3) is 0 Å². The molecule has 1 atom stereocenters. The summed E-state index contributed by atoms with van der Waals surface area (Å²) in [6.07, 6.45) is 0. The zero-order valence-corrected chi connectivity index (χ0v) is 11.1. The third-order valence-electron chi connectivity index (χ3n) is 2.47. The maximum Gasteiger partial charge on any atom is 0.241 e. The fraction of sp³-hybridized carbons (Fsp3) is 0.364. The monoisotopic (exact) mass is 271 g/mol. The molecule has 0 radical (unpaired) electrons. The van der Waals surface area contributed by atoms with Crippen LogP contribution in [0.2, 0.25) is 0 Å². The van der Waals surface area contributed by atoms with Crippen molar-refractivity contribution in [3.63, 3.8) is 0 Å². The largest absolute Gasteiger partial charge is 0.324 e. The summed E-state index contributed by atoms with van der Waals surface area (Å²) in [5.41, 5.74) is 5.81. The molecule has 1 rings (SSSR count). The Balaban J connectivity index is 3.03. The maximum absolute atomic E-state index is 11.8. The SMILES string of the molecule is CC(C)C(N)C(=O)Nc1ccccc1S(N)(=O)=O. The summed E-state index contributed by atoms with van der Waals surface area (Å²) in [5.74, 6) is -0.493. The summed E-state index contributed by atoms with van der Waals surface area (Å²) in [4.78, 5) is 11.6. The normalized spacial score (nSPS) is 13.4. The van der Waals surface area contributed by atoms with Crippen LogP contribution in [0, 0.1) is 5.92 Å². The lowest BCUT2D eigenvalue weighted by molar-refractivity contribution is -0.118. The molecule has 0 spiro atoms. The van der Waals surface area contributed by atoms with Crippen molar-refractivity contribution < 1.29 is 13.2 Å². The van der Waals surface area contributed by atoms with E-state index in [1.54, 1.807) is 19.9 Å². The molecule has 0 aliphatic heterocycles. The van der Waals surface area contributed by atoms with Crippen LogP contribution in [0.3, 0.4) is 0 Å². The molecule has 0 saturated heterocycles. The third-order valence-corrected chi connectivity index (χ3v) is 3.44. The molecule has 18 heavy (non-hydrogen) atoms. The Kier molecular flexibility index (Phi) is 4.44. The first-order chi connectivity index (χ1) is 8.23. The van der Waals surface area contributed by atoms with Crippen molar-refractivity contribution in [3.8, 4) is 0 Å². The van der Waals surface area contributed by atoms with Crippen molar-refractivity contribution in [1.82, 2.24) is 0 Å². The number of carbonyl (C=O) groups excluding carboxylic acids is 1. The lowest BCUT2D eigenvalue weighted by Gasteiger charge is -2.16. The van der Waals surface area contributed by atoms with Crippen LogP contribution in [-0.2, 0) is 14.8 Å². The molecule has 0 aliphatic carbocycles. The fourth-order valence-electron chi connectivity index (χ4n) is 1.34. The molecule has 7 heteroatoms. The van der Waals surface area contributed by atoms with Crippen LogP contribution in [0.15, 0.2) is 29.2 Å². The van der Waals surface area contributed by atoms with Gasteiger partial charge in [-0.3, -0.25) is 4.79 Å². The van der Waals surface area contributed by atoms with Gasteiger partial charge in [-0.2, -0.15) is 0 Å². The molecule has 0 heterocycles. The van der Waals surface area contributed by atoms with Gasteiger partial charge in [0.1, 0.15) is 4.90 Å². The van der Waals surface area contributed by atoms with E-state index in [-0.39, 0.29) is 16.5 Å². The number of rotatable bonds is 4. The Morgan fingerprint density at radius 3 is 2.33 bits per heavy atom. The van der Waals surface area contributed by atoms with Crippen LogP contribution in [0.1, 0.15) is 13.8 Å². The highest BCUT2D eigenvalue weighted by Crippen LogP contribution is 2.19. The van der Waals surface area contributed by atoms with Gasteiger partial charge in [0, 0.05) is 0 Å². The van der Waals surface area contributed by atoms with Crippen LogP contribution in [0.5, 0.6) is 0 Å². The number of nitrogens with two attached hydrogens (primary N) is 2. The van der Waals surface area contributed by atoms with E-state index >= 15 is 0 Å². The van der Waals surface area contributed by atoms with Crippen LogP contribution >= 0.6 is 0 Å². The number of anilines is 1. The first kappa shape index (κ1) is 14.6. The molecule has 6 nitrogen and oxygen atoms in total. The van der Waals surface area contributed by atoms with E-state index in [9.17, 15) is 13.2 Å². The van der Waals surface area contributed by atoms with E-state index < -0.39 is 22.0 Å². The number of carbonyl (C=O) groups is 1. The van der Waals surface area contributed by atoms with Crippen molar-refractivity contribution in [2.24, 2.45) is 16.8 Å². The minimum absolute atomic E-state index is 0.0494. The summed E-state index contributed by atoms with van der Waals surface area (Å²) in [7, 11) is -3.88. The van der Waals surface area contributed by atoms with E-state index in [0.29, 0.717) is 0 Å². The summed E-state index contributed by atoms with van der Waals surface area (Å²) in [5, 5.41) is 7.53. The number of para-hydroxylation sites is 1. The summed E-state index contributed by atoms with van der Waals surface area (Å²) in [6.45, 7) is 3.60. The average molecular weight is 271 g/mol. The lowest BCUT2D eigenvalue weighted by atomic mass is 10.1. The molecule has 1 aromatic rings. The Hall–Kier alpha value is -1.44. The molecule has 0 aromatic heterocycles. The molecule has 0 bridgehead atoms. The predicted molar refractivity (Wildman–Crippen MR) is 69.3 cm³/mol. The second kappa shape index (κ2) is 5.47. The highest BCUT2D eigenvalue weighted by atomic mass is 32.2. The van der Waals surface area contributed by atoms with Crippen molar-refractivity contribution >= 4 is 21.6 Å². The van der Waals surface area contributed by atoms with E-state index in [0.717, 1.165) is 0 Å². The zero-order chi connectivity index (χ0) is 13.9. The Labute approximate surface area is 106 Å². The predicted octanol–water partition coefficient (Wildman–Crippen LogP) is 0.256. The van der Waals surface area contributed by atoms with E-state index in [2.05, 4.69) is 5.32 Å². The van der Waals surface area contributed by atoms with Gasteiger partial charge in [-0.05, 0) is 18.1 Å². The minimum Gasteiger partial charge on any atom is -0.324 e. The van der Waals surface area contributed by atoms with Gasteiger partial charge in [0.2, 0.25) is 15.9 Å². The molecule has 1 unspecified atom stereocenters. The first-order valence-corrected chi connectivity index (χ1v) is 6.96. The zero-order valence-electron chi connectivity index (χ0n) is 10.3. The Morgan fingerprint density at radius 2 is 1.83 bits per heavy atom. The van der Waals surface area contributed by atoms with E-state index in [1.807, 2.05) is 0 Å². The van der Waals surface area contributed by atoms with Gasteiger partial charge in [-0.25, -0.2) is 13.6 Å². The molecule has 1 amide bonds. The van der Waals surface area contributed by atoms with Crippen LogP contribution in [-0.4, -0.2) is 20.4 Å². The number of amides is 1. The van der Waals surface area contributed by atoms with E-state index in [1.165, 1.54) is 18.2 Å². The number of benzene rings is 1. The second-order valence-corrected chi connectivity index (χ2v) is 5.83. The number of hydrogen-bond acceptors (Lipinski definition) is 4.